The number of carbonyl (C=O) groups is 1. The van der Waals surface area contributed by atoms with E-state index < -0.39 is 0 Å². The van der Waals surface area contributed by atoms with Gasteiger partial charge in [0.1, 0.15) is 6.04 Å². The van der Waals surface area contributed by atoms with Crippen molar-refractivity contribution >= 4 is 48.6 Å². The molecule has 1 spiro atoms. The number of ether oxygens (including phenoxy) is 1. The second kappa shape index (κ2) is 11.2. The molecule has 146 valence electrons. The molecule has 3 rings (SSSR count). The van der Waals surface area contributed by atoms with Crippen LogP contribution in [0.3, 0.4) is 0 Å². The molecule has 26 heavy (non-hydrogen) atoms. The van der Waals surface area contributed by atoms with Crippen molar-refractivity contribution in [1.29, 1.82) is 0 Å². The van der Waals surface area contributed by atoms with Gasteiger partial charge in [-0.05, 0) is 25.3 Å². The first-order valence-electron chi connectivity index (χ1n) is 8.73. The van der Waals surface area contributed by atoms with Crippen molar-refractivity contribution in [2.75, 3.05) is 32.0 Å². The number of hydrogen-bond acceptors (Lipinski definition) is 5. The molecule has 1 aromatic rings. The molecular formula is C19H28Cl2N2O2S. The lowest BCUT2D eigenvalue weighted by atomic mass is 10.0. The largest absolute Gasteiger partial charge is 0.465 e. The minimum Gasteiger partial charge on any atom is -0.465 e. The molecule has 0 amide bonds. The summed E-state index contributed by atoms with van der Waals surface area (Å²) in [6, 6.07) is 10.3. The summed E-state index contributed by atoms with van der Waals surface area (Å²) in [7, 11) is 0. The highest BCUT2D eigenvalue weighted by Gasteiger charge is 2.44. The van der Waals surface area contributed by atoms with Gasteiger partial charge in [-0.1, -0.05) is 42.5 Å². The van der Waals surface area contributed by atoms with Gasteiger partial charge in [-0.25, -0.2) is 0 Å². The van der Waals surface area contributed by atoms with E-state index in [1.54, 1.807) is 0 Å². The molecule has 0 aromatic heterocycles. The van der Waals surface area contributed by atoms with Gasteiger partial charge >= 0.3 is 5.97 Å². The van der Waals surface area contributed by atoms with Crippen LogP contribution in [0.15, 0.2) is 36.4 Å². The predicted molar refractivity (Wildman–Crippen MR) is 114 cm³/mol. The van der Waals surface area contributed by atoms with Crippen molar-refractivity contribution in [2.24, 2.45) is 0 Å². The van der Waals surface area contributed by atoms with E-state index in [1.807, 2.05) is 24.8 Å². The van der Waals surface area contributed by atoms with E-state index >= 15 is 0 Å². The highest BCUT2D eigenvalue weighted by atomic mass is 35.5. The number of hydrogen-bond donors (Lipinski definition) is 1. The molecule has 1 atom stereocenters. The standard InChI is InChI=1S/C19H26N2O2S.2ClH/c1-2-23-18(22)17-15-24-19(20-17)10-13-21(14-11-19)12-6-9-16-7-4-3-5-8-16;;/h3-9,17,20H,2,10-15H2,1H3;2*1H. The van der Waals surface area contributed by atoms with Crippen LogP contribution >= 0.6 is 36.6 Å². The van der Waals surface area contributed by atoms with Crippen LogP contribution in [0.5, 0.6) is 0 Å². The minimum absolute atomic E-state index is 0. The summed E-state index contributed by atoms with van der Waals surface area (Å²) in [6.07, 6.45) is 6.58. The Morgan fingerprint density at radius 1 is 1.31 bits per heavy atom. The van der Waals surface area contributed by atoms with Gasteiger partial charge in [-0.15, -0.1) is 36.6 Å². The van der Waals surface area contributed by atoms with Crippen molar-refractivity contribution < 1.29 is 9.53 Å². The van der Waals surface area contributed by atoms with Gasteiger partial charge in [0.2, 0.25) is 0 Å². The average molecular weight is 419 g/mol. The van der Waals surface area contributed by atoms with Crippen molar-refractivity contribution in [3.63, 3.8) is 0 Å². The molecule has 0 bridgehead atoms. The molecule has 7 heteroatoms. The summed E-state index contributed by atoms with van der Waals surface area (Å²) >= 11 is 1.89. The monoisotopic (exact) mass is 418 g/mol. The molecule has 0 radical (unpaired) electrons. The SMILES string of the molecule is CCOC(=O)C1CSC2(CCN(CC=Cc3ccccc3)CC2)N1.Cl.Cl. The summed E-state index contributed by atoms with van der Waals surface area (Å²) in [5.74, 6) is 0.724. The normalized spacial score (nSPS) is 22.0. The van der Waals surface area contributed by atoms with Crippen molar-refractivity contribution in [1.82, 2.24) is 10.2 Å². The molecular weight excluding hydrogens is 391 g/mol. The molecule has 2 aliphatic rings. The zero-order chi connectivity index (χ0) is 16.8. The molecule has 4 nitrogen and oxygen atoms in total. The average Bonchev–Trinajstić information content (AvgIpc) is 3.02. The van der Waals surface area contributed by atoms with Crippen LogP contribution < -0.4 is 5.32 Å². The fourth-order valence-electron chi connectivity index (χ4n) is 3.30. The number of piperidine rings is 1. The Balaban J connectivity index is 0.00000169. The lowest BCUT2D eigenvalue weighted by molar-refractivity contribution is -0.145. The highest BCUT2D eigenvalue weighted by molar-refractivity contribution is 8.01. The lowest BCUT2D eigenvalue weighted by Gasteiger charge is -2.38. The van der Waals surface area contributed by atoms with Crippen molar-refractivity contribution in [2.45, 2.75) is 30.7 Å². The molecule has 1 aromatic carbocycles. The van der Waals surface area contributed by atoms with Gasteiger partial charge in [0.15, 0.2) is 0 Å². The van der Waals surface area contributed by atoms with E-state index in [2.05, 4.69) is 46.6 Å². The first kappa shape index (κ1) is 23.3. The smallest absolute Gasteiger partial charge is 0.324 e. The molecule has 2 fully saturated rings. The van der Waals surface area contributed by atoms with Gasteiger partial charge in [0, 0.05) is 25.4 Å². The Morgan fingerprint density at radius 3 is 2.65 bits per heavy atom. The van der Waals surface area contributed by atoms with Crippen LogP contribution in [0.2, 0.25) is 0 Å². The summed E-state index contributed by atoms with van der Waals surface area (Å²) in [6.45, 7) is 5.42. The van der Waals surface area contributed by atoms with Crippen molar-refractivity contribution in [3.8, 4) is 0 Å². The van der Waals surface area contributed by atoms with Crippen LogP contribution in [0.4, 0.5) is 0 Å². The topological polar surface area (TPSA) is 41.6 Å². The second-order valence-corrected chi connectivity index (χ2v) is 7.77. The van der Waals surface area contributed by atoms with E-state index in [0.29, 0.717) is 6.61 Å². The quantitative estimate of drug-likeness (QED) is 0.739. The van der Waals surface area contributed by atoms with Crippen LogP contribution in [0, 0.1) is 0 Å². The number of nitrogens with zero attached hydrogens (tertiary/aromatic N) is 1. The maximum atomic E-state index is 11.9. The Kier molecular flexibility index (Phi) is 10.0. The fraction of sp³-hybridized carbons (Fsp3) is 0.526. The van der Waals surface area contributed by atoms with Gasteiger partial charge in [-0.2, -0.15) is 0 Å². The molecule has 0 saturated carbocycles. The van der Waals surface area contributed by atoms with Crippen LogP contribution in [0.25, 0.3) is 6.08 Å². The molecule has 2 aliphatic heterocycles. The van der Waals surface area contributed by atoms with Gasteiger partial charge in [-0.3, -0.25) is 15.0 Å². The number of esters is 1. The highest BCUT2D eigenvalue weighted by Crippen LogP contribution is 2.39. The van der Waals surface area contributed by atoms with E-state index in [-0.39, 0.29) is 41.7 Å². The summed E-state index contributed by atoms with van der Waals surface area (Å²) < 4.78 is 5.14. The van der Waals surface area contributed by atoms with Crippen LogP contribution in [-0.4, -0.2) is 53.8 Å². The summed E-state index contributed by atoms with van der Waals surface area (Å²) in [4.78, 5) is 14.4. The van der Waals surface area contributed by atoms with E-state index in [4.69, 9.17) is 4.74 Å². The first-order valence-corrected chi connectivity index (χ1v) is 9.71. The van der Waals surface area contributed by atoms with Gasteiger partial charge in [0.05, 0.1) is 11.5 Å². The number of nitrogens with one attached hydrogen (secondary N) is 1. The summed E-state index contributed by atoms with van der Waals surface area (Å²) in [5.41, 5.74) is 1.25. The number of rotatable bonds is 5. The zero-order valence-electron chi connectivity index (χ0n) is 15.1. The third-order valence-corrected chi connectivity index (χ3v) is 6.25. The molecule has 1 N–H and O–H groups in total. The number of likely N-dealkylation sites (tertiary alicyclic amines) is 1. The fourth-order valence-corrected chi connectivity index (χ4v) is 4.70. The minimum atomic E-state index is -0.139. The number of halogens is 2. The molecule has 2 heterocycles. The first-order chi connectivity index (χ1) is 11.7. The number of carbonyl (C=O) groups excluding carboxylic acids is 1. The predicted octanol–water partition coefficient (Wildman–Crippen LogP) is 3.60. The van der Waals surface area contributed by atoms with E-state index in [9.17, 15) is 4.79 Å². The number of benzene rings is 1. The van der Waals surface area contributed by atoms with Crippen LogP contribution in [0.1, 0.15) is 25.3 Å². The van der Waals surface area contributed by atoms with Crippen molar-refractivity contribution in [3.05, 3.63) is 42.0 Å². The maximum Gasteiger partial charge on any atom is 0.324 e. The van der Waals surface area contributed by atoms with E-state index in [1.165, 1.54) is 5.56 Å². The number of thioether (sulfide) groups is 1. The Bertz CT molecular complexity index is 578. The molecule has 1 unspecified atom stereocenters. The Hall–Kier alpha value is -0.720. The Morgan fingerprint density at radius 2 is 2.00 bits per heavy atom. The maximum absolute atomic E-state index is 11.9. The third-order valence-electron chi connectivity index (χ3n) is 4.67. The van der Waals surface area contributed by atoms with Gasteiger partial charge < -0.3 is 4.74 Å². The van der Waals surface area contributed by atoms with Gasteiger partial charge in [0.25, 0.3) is 0 Å². The lowest BCUT2D eigenvalue weighted by Crippen LogP contribution is -2.52. The third kappa shape index (κ3) is 6.17. The molecule has 0 aliphatic carbocycles. The second-order valence-electron chi connectivity index (χ2n) is 6.37. The Labute approximate surface area is 172 Å². The van der Waals surface area contributed by atoms with E-state index in [0.717, 1.165) is 38.2 Å². The molecule has 2 saturated heterocycles. The summed E-state index contributed by atoms with van der Waals surface area (Å²) in [5, 5.41) is 3.54. The zero-order valence-corrected chi connectivity index (χ0v) is 17.5. The van der Waals surface area contributed by atoms with Crippen LogP contribution in [-0.2, 0) is 9.53 Å².